The van der Waals surface area contributed by atoms with Crippen LogP contribution < -0.4 is 5.32 Å². The lowest BCUT2D eigenvalue weighted by atomic mass is 9.83. The maximum Gasteiger partial charge on any atom is 0.231 e. The average molecular weight is 388 g/mol. The molecular formula is C20H29N5OS. The van der Waals surface area contributed by atoms with Crippen molar-refractivity contribution in [2.24, 2.45) is 0 Å². The molecule has 0 radical (unpaired) electrons. The fourth-order valence-corrected chi connectivity index (χ4v) is 4.98. The van der Waals surface area contributed by atoms with Crippen molar-refractivity contribution in [1.82, 2.24) is 20.1 Å². The molecule has 2 aliphatic carbocycles. The van der Waals surface area contributed by atoms with Crippen LogP contribution in [0.3, 0.4) is 0 Å². The highest BCUT2D eigenvalue weighted by atomic mass is 32.2. The third-order valence-corrected chi connectivity index (χ3v) is 6.63. The standard InChI is InChI=1S/C20H29N5OS/c1-2-13-25-18(16-9-5-3-6-10-16)23-24-19(25)27-14-17(26)22-20(15-21)11-7-4-8-12-20/h2,16H,1,3-14H2,(H,22,26). The van der Waals surface area contributed by atoms with E-state index < -0.39 is 5.54 Å². The Balaban J connectivity index is 1.63. The van der Waals surface area contributed by atoms with Gasteiger partial charge in [0.05, 0.1) is 11.8 Å². The summed E-state index contributed by atoms with van der Waals surface area (Å²) in [5.74, 6) is 1.64. The lowest BCUT2D eigenvalue weighted by Gasteiger charge is -2.31. The molecule has 1 heterocycles. The second kappa shape index (κ2) is 9.41. The van der Waals surface area contributed by atoms with Crippen LogP contribution in [0.15, 0.2) is 17.8 Å². The molecule has 0 spiro atoms. The van der Waals surface area contributed by atoms with E-state index in [0.29, 0.717) is 12.5 Å². The van der Waals surface area contributed by atoms with E-state index in [-0.39, 0.29) is 11.7 Å². The van der Waals surface area contributed by atoms with Crippen LogP contribution in [0.4, 0.5) is 0 Å². The minimum Gasteiger partial charge on any atom is -0.337 e. The van der Waals surface area contributed by atoms with E-state index in [0.717, 1.165) is 55.9 Å². The van der Waals surface area contributed by atoms with Crippen molar-refractivity contribution >= 4 is 17.7 Å². The number of nitrogens with zero attached hydrogens (tertiary/aromatic N) is 4. The number of hydrogen-bond acceptors (Lipinski definition) is 5. The van der Waals surface area contributed by atoms with Crippen LogP contribution in [-0.4, -0.2) is 32.0 Å². The zero-order chi connectivity index (χ0) is 19.1. The summed E-state index contributed by atoms with van der Waals surface area (Å²) in [6.45, 7) is 4.51. The molecule has 0 aliphatic heterocycles. The number of carbonyl (C=O) groups excluding carboxylic acids is 1. The summed E-state index contributed by atoms with van der Waals surface area (Å²) in [5.41, 5.74) is -0.683. The van der Waals surface area contributed by atoms with Gasteiger partial charge in [-0.1, -0.05) is 56.4 Å². The van der Waals surface area contributed by atoms with Gasteiger partial charge < -0.3 is 9.88 Å². The van der Waals surface area contributed by atoms with E-state index in [1.54, 1.807) is 0 Å². The van der Waals surface area contributed by atoms with Crippen molar-refractivity contribution in [3.05, 3.63) is 18.5 Å². The summed E-state index contributed by atoms with van der Waals surface area (Å²) in [4.78, 5) is 12.5. The second-order valence-electron chi connectivity index (χ2n) is 7.67. The monoisotopic (exact) mass is 387 g/mol. The van der Waals surface area contributed by atoms with E-state index >= 15 is 0 Å². The van der Waals surface area contributed by atoms with Crippen molar-refractivity contribution in [1.29, 1.82) is 5.26 Å². The van der Waals surface area contributed by atoms with Crippen LogP contribution in [0.1, 0.15) is 76.0 Å². The molecule has 1 aromatic rings. The molecule has 3 rings (SSSR count). The van der Waals surface area contributed by atoms with Crippen LogP contribution >= 0.6 is 11.8 Å². The Morgan fingerprint density at radius 1 is 1.26 bits per heavy atom. The molecule has 6 nitrogen and oxygen atoms in total. The number of nitrogens with one attached hydrogen (secondary N) is 1. The van der Waals surface area contributed by atoms with Crippen molar-refractivity contribution in [3.63, 3.8) is 0 Å². The summed E-state index contributed by atoms with van der Waals surface area (Å²) in [5, 5.41) is 22.1. The van der Waals surface area contributed by atoms with Crippen molar-refractivity contribution in [2.75, 3.05) is 5.75 Å². The van der Waals surface area contributed by atoms with Gasteiger partial charge in [0.25, 0.3) is 0 Å². The maximum absolute atomic E-state index is 12.5. The number of rotatable bonds is 7. The van der Waals surface area contributed by atoms with E-state index in [4.69, 9.17) is 0 Å². The topological polar surface area (TPSA) is 83.6 Å². The Hall–Kier alpha value is -1.81. The molecule has 1 amide bonds. The summed E-state index contributed by atoms with van der Waals surface area (Å²) in [6, 6.07) is 2.34. The van der Waals surface area contributed by atoms with Gasteiger partial charge >= 0.3 is 0 Å². The highest BCUT2D eigenvalue weighted by molar-refractivity contribution is 7.99. The third kappa shape index (κ3) is 4.92. The number of aromatic nitrogens is 3. The Kier molecular flexibility index (Phi) is 6.95. The molecular weight excluding hydrogens is 358 g/mol. The number of nitriles is 1. The van der Waals surface area contributed by atoms with E-state index in [2.05, 4.69) is 32.7 Å². The average Bonchev–Trinajstić information content (AvgIpc) is 3.11. The molecule has 27 heavy (non-hydrogen) atoms. The molecule has 0 saturated heterocycles. The van der Waals surface area contributed by atoms with Gasteiger partial charge in [0.2, 0.25) is 5.91 Å². The van der Waals surface area contributed by atoms with Gasteiger partial charge in [0.15, 0.2) is 5.16 Å². The van der Waals surface area contributed by atoms with E-state index in [1.807, 2.05) is 6.08 Å². The first-order valence-electron chi connectivity index (χ1n) is 10.1. The Morgan fingerprint density at radius 3 is 2.63 bits per heavy atom. The number of carbonyl (C=O) groups is 1. The Bertz CT molecular complexity index is 696. The first-order valence-corrected chi connectivity index (χ1v) is 11.0. The fourth-order valence-electron chi connectivity index (χ4n) is 4.22. The number of allylic oxidation sites excluding steroid dienone is 1. The molecule has 0 unspecified atom stereocenters. The van der Waals surface area contributed by atoms with Gasteiger partial charge in [-0.25, -0.2) is 0 Å². The zero-order valence-corrected chi connectivity index (χ0v) is 16.8. The largest absolute Gasteiger partial charge is 0.337 e. The lowest BCUT2D eigenvalue weighted by molar-refractivity contribution is -0.120. The van der Waals surface area contributed by atoms with Gasteiger partial charge in [-0.3, -0.25) is 4.79 Å². The smallest absolute Gasteiger partial charge is 0.231 e. The third-order valence-electron chi connectivity index (χ3n) is 5.66. The quantitative estimate of drug-likeness (QED) is 0.566. The van der Waals surface area contributed by atoms with E-state index in [1.165, 1.54) is 31.0 Å². The van der Waals surface area contributed by atoms with Crippen LogP contribution in [0.25, 0.3) is 0 Å². The molecule has 1 aromatic heterocycles. The maximum atomic E-state index is 12.5. The number of thioether (sulfide) groups is 1. The SMILES string of the molecule is C=CCn1c(SCC(=O)NC2(C#N)CCCCC2)nnc1C1CCCCC1. The molecule has 2 aliphatic rings. The minimum absolute atomic E-state index is 0.101. The zero-order valence-electron chi connectivity index (χ0n) is 16.0. The summed E-state index contributed by atoms with van der Waals surface area (Å²) < 4.78 is 2.10. The van der Waals surface area contributed by atoms with Crippen molar-refractivity contribution in [2.45, 2.75) is 87.4 Å². The number of hydrogen-bond donors (Lipinski definition) is 1. The number of amides is 1. The molecule has 0 aromatic carbocycles. The summed E-state index contributed by atoms with van der Waals surface area (Å²) in [6.07, 6.45) is 12.6. The van der Waals surface area contributed by atoms with Crippen LogP contribution in [0.5, 0.6) is 0 Å². The highest BCUT2D eigenvalue weighted by Gasteiger charge is 2.33. The molecule has 0 atom stereocenters. The molecule has 2 fully saturated rings. The summed E-state index contributed by atoms with van der Waals surface area (Å²) >= 11 is 1.40. The van der Waals surface area contributed by atoms with E-state index in [9.17, 15) is 10.1 Å². The first kappa shape index (κ1) is 19.9. The molecule has 0 bridgehead atoms. The van der Waals surface area contributed by atoms with Crippen LogP contribution in [0.2, 0.25) is 0 Å². The van der Waals surface area contributed by atoms with Crippen LogP contribution in [-0.2, 0) is 11.3 Å². The fraction of sp³-hybridized carbons (Fsp3) is 0.700. The normalized spacial score (nSPS) is 20.0. The predicted molar refractivity (Wildman–Crippen MR) is 106 cm³/mol. The predicted octanol–water partition coefficient (Wildman–Crippen LogP) is 3.95. The minimum atomic E-state index is -0.683. The Morgan fingerprint density at radius 2 is 1.96 bits per heavy atom. The van der Waals surface area contributed by atoms with Gasteiger partial charge in [0, 0.05) is 12.5 Å². The van der Waals surface area contributed by atoms with Crippen LogP contribution in [0, 0.1) is 11.3 Å². The van der Waals surface area contributed by atoms with Crippen molar-refractivity contribution in [3.8, 4) is 6.07 Å². The summed E-state index contributed by atoms with van der Waals surface area (Å²) in [7, 11) is 0. The second-order valence-corrected chi connectivity index (χ2v) is 8.61. The highest BCUT2D eigenvalue weighted by Crippen LogP contribution is 2.33. The lowest BCUT2D eigenvalue weighted by Crippen LogP contribution is -2.49. The van der Waals surface area contributed by atoms with Gasteiger partial charge in [-0.2, -0.15) is 5.26 Å². The molecule has 2 saturated carbocycles. The van der Waals surface area contributed by atoms with Gasteiger partial charge in [-0.05, 0) is 25.7 Å². The van der Waals surface area contributed by atoms with Gasteiger partial charge in [-0.15, -0.1) is 16.8 Å². The van der Waals surface area contributed by atoms with Crippen molar-refractivity contribution < 1.29 is 4.79 Å². The molecule has 146 valence electrons. The first-order chi connectivity index (χ1) is 13.2. The Labute approximate surface area is 165 Å². The van der Waals surface area contributed by atoms with Gasteiger partial charge in [0.1, 0.15) is 11.4 Å². The molecule has 1 N–H and O–H groups in total. The molecule has 7 heteroatoms.